The monoisotopic (exact) mass is 250 g/mol. The van der Waals surface area contributed by atoms with Gasteiger partial charge in [0.1, 0.15) is 5.82 Å². The van der Waals surface area contributed by atoms with Gasteiger partial charge in [0.25, 0.3) is 0 Å². The van der Waals surface area contributed by atoms with Crippen LogP contribution >= 0.6 is 0 Å². The highest BCUT2D eigenvalue weighted by Gasteiger charge is 2.30. The van der Waals surface area contributed by atoms with Crippen molar-refractivity contribution in [3.05, 3.63) is 35.6 Å². The highest BCUT2D eigenvalue weighted by Crippen LogP contribution is 2.34. The van der Waals surface area contributed by atoms with Crippen LogP contribution < -0.4 is 0 Å². The minimum atomic E-state index is -0.582. The number of hydrogen-bond donors (Lipinski definition) is 1. The molecule has 0 bridgehead atoms. The van der Waals surface area contributed by atoms with Crippen LogP contribution in [0, 0.1) is 11.7 Å². The second-order valence-electron chi connectivity index (χ2n) is 5.73. The van der Waals surface area contributed by atoms with Gasteiger partial charge in [0, 0.05) is 6.42 Å². The van der Waals surface area contributed by atoms with E-state index >= 15 is 0 Å². The summed E-state index contributed by atoms with van der Waals surface area (Å²) in [5.41, 5.74) is 0.454. The van der Waals surface area contributed by atoms with E-state index in [1.54, 1.807) is 12.1 Å². The van der Waals surface area contributed by atoms with Gasteiger partial charge >= 0.3 is 0 Å². The molecular weight excluding hydrogens is 227 g/mol. The molecule has 1 fully saturated rings. The summed E-state index contributed by atoms with van der Waals surface area (Å²) in [5.74, 6) is 0.560. The molecule has 0 heterocycles. The summed E-state index contributed by atoms with van der Waals surface area (Å²) in [6.07, 6.45) is 7.09. The summed E-state index contributed by atoms with van der Waals surface area (Å²) in [4.78, 5) is 0. The highest BCUT2D eigenvalue weighted by atomic mass is 19.1. The van der Waals surface area contributed by atoms with Crippen LogP contribution in [0.5, 0.6) is 0 Å². The minimum absolute atomic E-state index is 0.211. The first-order chi connectivity index (χ1) is 8.61. The zero-order valence-corrected chi connectivity index (χ0v) is 11.2. The van der Waals surface area contributed by atoms with Gasteiger partial charge in [0.2, 0.25) is 0 Å². The zero-order chi connectivity index (χ0) is 13.0. The SMILES string of the molecule is CCC1CCCC(O)(Cc2ccc(F)cc2)CC1. The quantitative estimate of drug-likeness (QED) is 0.801. The second-order valence-corrected chi connectivity index (χ2v) is 5.73. The first kappa shape index (κ1) is 13.5. The maximum atomic E-state index is 12.9. The molecule has 2 heteroatoms. The van der Waals surface area contributed by atoms with E-state index in [-0.39, 0.29) is 5.82 Å². The molecule has 2 atom stereocenters. The molecule has 0 amide bonds. The van der Waals surface area contributed by atoms with Gasteiger partial charge in [0.15, 0.2) is 0 Å². The largest absolute Gasteiger partial charge is 0.390 e. The fourth-order valence-electron chi connectivity index (χ4n) is 3.03. The van der Waals surface area contributed by atoms with Crippen LogP contribution in [0.4, 0.5) is 4.39 Å². The van der Waals surface area contributed by atoms with Crippen molar-refractivity contribution in [2.45, 2.75) is 57.5 Å². The van der Waals surface area contributed by atoms with Crippen molar-refractivity contribution < 1.29 is 9.50 Å². The Balaban J connectivity index is 2.00. The first-order valence-electron chi connectivity index (χ1n) is 7.08. The third kappa shape index (κ3) is 3.55. The molecular formula is C16H23FO. The summed E-state index contributed by atoms with van der Waals surface area (Å²) in [6, 6.07) is 6.53. The van der Waals surface area contributed by atoms with Crippen molar-refractivity contribution in [3.63, 3.8) is 0 Å². The Kier molecular flexibility index (Phi) is 4.39. The van der Waals surface area contributed by atoms with Gasteiger partial charge in [0.05, 0.1) is 5.60 Å². The third-order valence-electron chi connectivity index (χ3n) is 4.30. The Hall–Kier alpha value is -0.890. The summed E-state index contributed by atoms with van der Waals surface area (Å²) < 4.78 is 12.9. The molecule has 0 radical (unpaired) electrons. The minimum Gasteiger partial charge on any atom is -0.390 e. The maximum Gasteiger partial charge on any atom is 0.123 e. The standard InChI is InChI=1S/C16H23FO/c1-2-13-4-3-10-16(18,11-9-13)12-14-5-7-15(17)8-6-14/h5-8,13,18H,2-4,9-12H2,1H3. The molecule has 1 nitrogen and oxygen atoms in total. The van der Waals surface area contributed by atoms with E-state index in [4.69, 9.17) is 0 Å². The van der Waals surface area contributed by atoms with Crippen LogP contribution in [-0.2, 0) is 6.42 Å². The first-order valence-corrected chi connectivity index (χ1v) is 7.08. The smallest absolute Gasteiger partial charge is 0.123 e. The van der Waals surface area contributed by atoms with E-state index in [1.807, 2.05) is 0 Å². The van der Waals surface area contributed by atoms with Crippen LogP contribution in [0.3, 0.4) is 0 Å². The van der Waals surface area contributed by atoms with Gasteiger partial charge in [-0.05, 0) is 42.9 Å². The molecule has 1 saturated carbocycles. The molecule has 1 N–H and O–H groups in total. The molecule has 0 aromatic heterocycles. The molecule has 1 aliphatic carbocycles. The predicted molar refractivity (Wildman–Crippen MR) is 71.9 cm³/mol. The van der Waals surface area contributed by atoms with Crippen LogP contribution in [0.25, 0.3) is 0 Å². The number of benzene rings is 1. The average Bonchev–Trinajstić information content (AvgIpc) is 2.54. The van der Waals surface area contributed by atoms with Crippen molar-refractivity contribution in [1.82, 2.24) is 0 Å². The molecule has 0 saturated heterocycles. The van der Waals surface area contributed by atoms with E-state index in [9.17, 15) is 9.50 Å². The fourth-order valence-corrected chi connectivity index (χ4v) is 3.03. The Bertz CT molecular complexity index is 373. The Morgan fingerprint density at radius 1 is 1.22 bits per heavy atom. The van der Waals surface area contributed by atoms with Crippen LogP contribution in [0.1, 0.15) is 51.0 Å². The summed E-state index contributed by atoms with van der Waals surface area (Å²) >= 11 is 0. The van der Waals surface area contributed by atoms with Gasteiger partial charge in [-0.25, -0.2) is 4.39 Å². The lowest BCUT2D eigenvalue weighted by Gasteiger charge is -2.27. The second kappa shape index (κ2) is 5.83. The lowest BCUT2D eigenvalue weighted by Crippen LogP contribution is -2.30. The zero-order valence-electron chi connectivity index (χ0n) is 11.2. The van der Waals surface area contributed by atoms with Crippen LogP contribution in [0.2, 0.25) is 0 Å². The van der Waals surface area contributed by atoms with Gasteiger partial charge in [-0.1, -0.05) is 38.3 Å². The molecule has 100 valence electrons. The van der Waals surface area contributed by atoms with E-state index in [0.717, 1.165) is 37.2 Å². The molecule has 0 spiro atoms. The van der Waals surface area contributed by atoms with Gasteiger partial charge < -0.3 is 5.11 Å². The molecule has 2 rings (SSSR count). The molecule has 1 aliphatic rings. The molecule has 1 aromatic rings. The highest BCUT2D eigenvalue weighted by molar-refractivity contribution is 5.18. The van der Waals surface area contributed by atoms with Gasteiger partial charge in [-0.2, -0.15) is 0 Å². The number of aliphatic hydroxyl groups is 1. The van der Waals surface area contributed by atoms with Crippen molar-refractivity contribution in [2.75, 3.05) is 0 Å². The fraction of sp³-hybridized carbons (Fsp3) is 0.625. The van der Waals surface area contributed by atoms with E-state index in [0.29, 0.717) is 6.42 Å². The molecule has 1 aromatic carbocycles. The van der Waals surface area contributed by atoms with E-state index in [1.165, 1.54) is 25.0 Å². The summed E-state index contributed by atoms with van der Waals surface area (Å²) in [5, 5.41) is 10.7. The van der Waals surface area contributed by atoms with Crippen LogP contribution in [-0.4, -0.2) is 10.7 Å². The summed E-state index contributed by atoms with van der Waals surface area (Å²) in [6.45, 7) is 2.23. The van der Waals surface area contributed by atoms with Crippen molar-refractivity contribution in [1.29, 1.82) is 0 Å². The Morgan fingerprint density at radius 2 is 1.94 bits per heavy atom. The molecule has 0 aliphatic heterocycles. The normalized spacial score (nSPS) is 28.9. The van der Waals surface area contributed by atoms with Gasteiger partial charge in [-0.15, -0.1) is 0 Å². The Morgan fingerprint density at radius 3 is 2.61 bits per heavy atom. The Labute approximate surface area is 109 Å². The predicted octanol–water partition coefficient (Wildman–Crippen LogP) is 4.09. The lowest BCUT2D eigenvalue weighted by atomic mass is 9.87. The third-order valence-corrected chi connectivity index (χ3v) is 4.30. The number of halogens is 1. The average molecular weight is 250 g/mol. The van der Waals surface area contributed by atoms with Crippen molar-refractivity contribution in [2.24, 2.45) is 5.92 Å². The number of rotatable bonds is 3. The van der Waals surface area contributed by atoms with E-state index < -0.39 is 5.60 Å². The van der Waals surface area contributed by atoms with E-state index in [2.05, 4.69) is 6.92 Å². The molecule has 2 unspecified atom stereocenters. The van der Waals surface area contributed by atoms with Crippen LogP contribution in [0.15, 0.2) is 24.3 Å². The number of hydrogen-bond acceptors (Lipinski definition) is 1. The topological polar surface area (TPSA) is 20.2 Å². The van der Waals surface area contributed by atoms with Crippen molar-refractivity contribution >= 4 is 0 Å². The molecule has 18 heavy (non-hydrogen) atoms. The van der Waals surface area contributed by atoms with Crippen molar-refractivity contribution in [3.8, 4) is 0 Å². The van der Waals surface area contributed by atoms with Gasteiger partial charge in [-0.3, -0.25) is 0 Å². The lowest BCUT2D eigenvalue weighted by molar-refractivity contribution is 0.0241. The maximum absolute atomic E-state index is 12.9. The summed E-state index contributed by atoms with van der Waals surface area (Å²) in [7, 11) is 0.